The first kappa shape index (κ1) is 9.96. The molecule has 2 rings (SSSR count). The summed E-state index contributed by atoms with van der Waals surface area (Å²) < 4.78 is 1.72. The third kappa shape index (κ3) is 1.93. The Labute approximate surface area is 87.2 Å². The Bertz CT molecular complexity index is 457. The van der Waals surface area contributed by atoms with E-state index in [-0.39, 0.29) is 12.0 Å². The molecule has 0 unspecified atom stereocenters. The van der Waals surface area contributed by atoms with Gasteiger partial charge in [-0.1, -0.05) is 6.07 Å². The van der Waals surface area contributed by atoms with E-state index in [2.05, 4.69) is 0 Å². The minimum atomic E-state index is -0.960. The summed E-state index contributed by atoms with van der Waals surface area (Å²) in [6, 6.07) is 3.73. The van der Waals surface area contributed by atoms with E-state index < -0.39 is 5.97 Å². The van der Waals surface area contributed by atoms with Crippen LogP contribution < -0.4 is 5.56 Å². The van der Waals surface area contributed by atoms with Crippen molar-refractivity contribution in [3.8, 4) is 0 Å². The number of carbonyl (C=O) groups is 1. The van der Waals surface area contributed by atoms with Crippen LogP contribution in [0.15, 0.2) is 16.9 Å². The van der Waals surface area contributed by atoms with Crippen LogP contribution in [0.4, 0.5) is 0 Å². The van der Waals surface area contributed by atoms with E-state index in [1.54, 1.807) is 10.6 Å². The first-order valence-electron chi connectivity index (χ1n) is 5.02. The normalized spacial score (nSPS) is 15.3. The number of aryl methyl sites for hydroxylation is 1. The molecule has 0 saturated heterocycles. The number of carboxylic acid groups (broad SMARTS) is 1. The smallest absolute Gasteiger partial charge is 0.308 e. The first-order chi connectivity index (χ1) is 7.09. The average Bonchev–Trinajstić information content (AvgIpc) is 2.94. The molecule has 4 nitrogen and oxygen atoms in total. The molecule has 15 heavy (non-hydrogen) atoms. The molecule has 80 valence electrons. The quantitative estimate of drug-likeness (QED) is 0.807. The molecule has 1 fully saturated rings. The third-order valence-corrected chi connectivity index (χ3v) is 2.65. The maximum absolute atomic E-state index is 11.9. The molecule has 0 atom stereocenters. The van der Waals surface area contributed by atoms with Crippen LogP contribution in [0.3, 0.4) is 0 Å². The van der Waals surface area contributed by atoms with Gasteiger partial charge in [0.1, 0.15) is 0 Å². The van der Waals surface area contributed by atoms with Crippen LogP contribution >= 0.6 is 0 Å². The van der Waals surface area contributed by atoms with Crippen LogP contribution in [0.2, 0.25) is 0 Å². The molecule has 0 aliphatic heterocycles. The van der Waals surface area contributed by atoms with Crippen molar-refractivity contribution in [2.45, 2.75) is 32.2 Å². The van der Waals surface area contributed by atoms with Crippen molar-refractivity contribution in [1.29, 1.82) is 0 Å². The Kier molecular flexibility index (Phi) is 2.34. The zero-order valence-corrected chi connectivity index (χ0v) is 8.56. The minimum absolute atomic E-state index is 0.139. The van der Waals surface area contributed by atoms with Crippen molar-refractivity contribution >= 4 is 5.97 Å². The van der Waals surface area contributed by atoms with Crippen molar-refractivity contribution < 1.29 is 9.90 Å². The van der Waals surface area contributed by atoms with Gasteiger partial charge in [-0.2, -0.15) is 0 Å². The van der Waals surface area contributed by atoms with Crippen molar-refractivity contribution in [3.63, 3.8) is 0 Å². The van der Waals surface area contributed by atoms with E-state index >= 15 is 0 Å². The lowest BCUT2D eigenvalue weighted by molar-refractivity contribution is -0.136. The van der Waals surface area contributed by atoms with Gasteiger partial charge in [0.25, 0.3) is 5.56 Å². The molecule has 1 aromatic rings. The molecule has 0 amide bonds. The van der Waals surface area contributed by atoms with Gasteiger partial charge in [-0.15, -0.1) is 0 Å². The summed E-state index contributed by atoms with van der Waals surface area (Å²) in [4.78, 5) is 22.5. The Hall–Kier alpha value is -1.58. The molecule has 0 aromatic carbocycles. The molecular weight excluding hydrogens is 194 g/mol. The number of carboxylic acids is 1. The van der Waals surface area contributed by atoms with Crippen LogP contribution in [0.25, 0.3) is 0 Å². The van der Waals surface area contributed by atoms with Crippen LogP contribution in [0.5, 0.6) is 0 Å². The van der Waals surface area contributed by atoms with Gasteiger partial charge in [0.05, 0.1) is 6.42 Å². The summed E-state index contributed by atoms with van der Waals surface area (Å²) in [5, 5.41) is 8.66. The van der Waals surface area contributed by atoms with E-state index in [0.29, 0.717) is 11.6 Å². The second kappa shape index (κ2) is 3.53. The lowest BCUT2D eigenvalue weighted by Gasteiger charge is -2.09. The van der Waals surface area contributed by atoms with Gasteiger partial charge in [-0.25, -0.2) is 0 Å². The molecule has 1 aliphatic rings. The zero-order valence-electron chi connectivity index (χ0n) is 8.56. The molecule has 1 aromatic heterocycles. The highest BCUT2D eigenvalue weighted by atomic mass is 16.4. The molecule has 1 heterocycles. The number of hydrogen-bond donors (Lipinski definition) is 1. The summed E-state index contributed by atoms with van der Waals surface area (Å²) in [7, 11) is 0. The van der Waals surface area contributed by atoms with Crippen molar-refractivity contribution in [1.82, 2.24) is 4.57 Å². The van der Waals surface area contributed by atoms with Gasteiger partial charge < -0.3 is 9.67 Å². The van der Waals surface area contributed by atoms with Crippen molar-refractivity contribution in [2.24, 2.45) is 0 Å². The predicted octanol–water partition coefficient (Wildman–Crippen LogP) is 1.12. The summed E-state index contributed by atoms with van der Waals surface area (Å²) in [5.74, 6) is -0.960. The van der Waals surface area contributed by atoms with E-state index in [4.69, 9.17) is 5.11 Å². The first-order valence-corrected chi connectivity index (χ1v) is 5.02. The number of pyridine rings is 1. The number of nitrogens with zero attached hydrogens (tertiary/aromatic N) is 1. The summed E-state index contributed by atoms with van der Waals surface area (Å²) >= 11 is 0. The number of rotatable bonds is 3. The fraction of sp³-hybridized carbons (Fsp3) is 0.455. The highest BCUT2D eigenvalue weighted by molar-refractivity contribution is 5.69. The molecule has 1 N–H and O–H groups in total. The van der Waals surface area contributed by atoms with E-state index in [1.165, 1.54) is 0 Å². The van der Waals surface area contributed by atoms with Gasteiger partial charge >= 0.3 is 5.97 Å². The molecule has 1 saturated carbocycles. The van der Waals surface area contributed by atoms with Crippen LogP contribution in [-0.2, 0) is 11.2 Å². The number of aromatic nitrogens is 1. The van der Waals surface area contributed by atoms with Crippen molar-refractivity contribution in [2.75, 3.05) is 0 Å². The van der Waals surface area contributed by atoms with E-state index in [0.717, 1.165) is 18.5 Å². The Morgan fingerprint density at radius 3 is 2.73 bits per heavy atom. The number of aliphatic carboxylic acids is 1. The Balaban J connectivity index is 2.45. The predicted molar refractivity (Wildman–Crippen MR) is 55.0 cm³/mol. The molecule has 0 bridgehead atoms. The molecule has 1 aliphatic carbocycles. The lowest BCUT2D eigenvalue weighted by atomic mass is 10.2. The fourth-order valence-electron chi connectivity index (χ4n) is 1.77. The lowest BCUT2D eigenvalue weighted by Crippen LogP contribution is -2.26. The van der Waals surface area contributed by atoms with Gasteiger partial charge in [0.15, 0.2) is 0 Å². The molecule has 4 heteroatoms. The topological polar surface area (TPSA) is 59.3 Å². The average molecular weight is 207 g/mol. The maximum Gasteiger partial charge on any atom is 0.308 e. The Morgan fingerprint density at radius 1 is 1.53 bits per heavy atom. The van der Waals surface area contributed by atoms with Crippen LogP contribution in [0.1, 0.15) is 30.1 Å². The van der Waals surface area contributed by atoms with Crippen LogP contribution in [0, 0.1) is 6.92 Å². The second-order valence-corrected chi connectivity index (χ2v) is 3.98. The molecular formula is C11H13NO3. The maximum atomic E-state index is 11.9. The Morgan fingerprint density at radius 2 is 2.20 bits per heavy atom. The number of hydrogen-bond acceptors (Lipinski definition) is 2. The van der Waals surface area contributed by atoms with E-state index in [9.17, 15) is 9.59 Å². The second-order valence-electron chi connectivity index (χ2n) is 3.98. The highest BCUT2D eigenvalue weighted by Crippen LogP contribution is 2.34. The van der Waals surface area contributed by atoms with Gasteiger partial charge in [0, 0.05) is 17.3 Å². The highest BCUT2D eigenvalue weighted by Gasteiger charge is 2.26. The van der Waals surface area contributed by atoms with Gasteiger partial charge in [0.2, 0.25) is 0 Å². The molecule has 0 radical (unpaired) electrons. The van der Waals surface area contributed by atoms with Gasteiger partial charge in [-0.3, -0.25) is 9.59 Å². The van der Waals surface area contributed by atoms with E-state index in [1.807, 2.05) is 13.0 Å². The summed E-state index contributed by atoms with van der Waals surface area (Å²) in [6.45, 7) is 1.88. The standard InChI is InChI=1S/C11H13NO3/c1-7-2-3-8(6-10(13)14)11(15)12(7)9-4-5-9/h2-3,9H,4-6H2,1H3,(H,13,14). The largest absolute Gasteiger partial charge is 0.481 e. The van der Waals surface area contributed by atoms with Crippen LogP contribution in [-0.4, -0.2) is 15.6 Å². The fourth-order valence-corrected chi connectivity index (χ4v) is 1.77. The van der Waals surface area contributed by atoms with Gasteiger partial charge in [-0.05, 0) is 25.8 Å². The monoisotopic (exact) mass is 207 g/mol. The third-order valence-electron chi connectivity index (χ3n) is 2.65. The zero-order chi connectivity index (χ0) is 11.0. The molecule has 0 spiro atoms. The summed E-state index contributed by atoms with van der Waals surface area (Å²) in [5.41, 5.74) is 1.15. The SMILES string of the molecule is Cc1ccc(CC(=O)O)c(=O)n1C1CC1. The summed E-state index contributed by atoms with van der Waals surface area (Å²) in [6.07, 6.45) is 1.86. The minimum Gasteiger partial charge on any atom is -0.481 e. The van der Waals surface area contributed by atoms with Crippen molar-refractivity contribution in [3.05, 3.63) is 33.7 Å².